The van der Waals surface area contributed by atoms with E-state index in [4.69, 9.17) is 5.73 Å². The van der Waals surface area contributed by atoms with Crippen LogP contribution in [0.5, 0.6) is 0 Å². The second-order valence-electron chi connectivity index (χ2n) is 8.91. The van der Waals surface area contributed by atoms with Crippen molar-refractivity contribution in [2.75, 3.05) is 23.3 Å². The maximum Gasteiger partial charge on any atom is 0.293 e. The molecule has 12 nitrogen and oxygen atoms in total. The van der Waals surface area contributed by atoms with E-state index >= 15 is 0 Å². The number of carbonyl (C=O) groups excluding carboxylic acids is 3. The van der Waals surface area contributed by atoms with Crippen LogP contribution < -0.4 is 20.7 Å². The predicted octanol–water partition coefficient (Wildman–Crippen LogP) is 2.67. The third-order valence-corrected chi connectivity index (χ3v) is 7.68. The average molecular weight is 552 g/mol. The van der Waals surface area contributed by atoms with Gasteiger partial charge in [0.05, 0.1) is 9.82 Å². The number of amides is 3. The smallest absolute Gasteiger partial charge is 0.293 e. The number of nitrogens with one attached hydrogen (secondary N) is 2. The van der Waals surface area contributed by atoms with Crippen molar-refractivity contribution in [1.82, 2.24) is 4.72 Å². The van der Waals surface area contributed by atoms with Crippen molar-refractivity contribution in [2.24, 2.45) is 11.7 Å². The number of hydrogen-bond donors (Lipinski definition) is 3. The summed E-state index contributed by atoms with van der Waals surface area (Å²) in [7, 11) is -4.10. The number of anilines is 2. The number of nitrogens with zero attached hydrogens (tertiary/aromatic N) is 2. The highest BCUT2D eigenvalue weighted by Crippen LogP contribution is 2.32. The molecule has 202 valence electrons. The van der Waals surface area contributed by atoms with Crippen LogP contribution in [0.25, 0.3) is 0 Å². The number of nitro benzene ring substituents is 1. The number of nitrogens with two attached hydrogens (primary N) is 1. The van der Waals surface area contributed by atoms with E-state index in [2.05, 4.69) is 5.32 Å². The molecule has 4 N–H and O–H groups in total. The van der Waals surface area contributed by atoms with Gasteiger partial charge in [-0.15, -0.1) is 0 Å². The van der Waals surface area contributed by atoms with Gasteiger partial charge >= 0.3 is 0 Å². The number of primary amides is 1. The molecule has 1 aliphatic heterocycles. The molecule has 0 spiro atoms. The summed E-state index contributed by atoms with van der Waals surface area (Å²) in [6.45, 7) is 0.823. The Morgan fingerprint density at radius 3 is 2.21 bits per heavy atom. The standard InChI is InChI=1S/C26H25N5O7S/c27-24(32)17-11-13-30(14-12-17)22-10-9-19(16-23(22)31(35)36)25(33)28-20-6-4-5-18(15-20)26(34)29-39(37,38)21-7-2-1-3-8-21/h1-10,15-17H,11-14H2,(H2,27,32)(H,28,33)(H,29,34). The van der Waals surface area contributed by atoms with Crippen LogP contribution in [0.2, 0.25) is 0 Å². The molecule has 3 aromatic rings. The van der Waals surface area contributed by atoms with Crippen molar-refractivity contribution in [3.63, 3.8) is 0 Å². The van der Waals surface area contributed by atoms with Crippen LogP contribution in [0.1, 0.15) is 33.6 Å². The Labute approximate surface area is 224 Å². The maximum absolute atomic E-state index is 12.9. The number of carbonyl (C=O) groups is 3. The first-order valence-electron chi connectivity index (χ1n) is 11.9. The van der Waals surface area contributed by atoms with E-state index in [1.165, 1.54) is 60.7 Å². The quantitative estimate of drug-likeness (QED) is 0.282. The van der Waals surface area contributed by atoms with Crippen LogP contribution in [0.15, 0.2) is 77.7 Å². The van der Waals surface area contributed by atoms with E-state index in [1.807, 2.05) is 4.72 Å². The van der Waals surface area contributed by atoms with E-state index < -0.39 is 32.7 Å². The molecule has 0 radical (unpaired) electrons. The van der Waals surface area contributed by atoms with Crippen molar-refractivity contribution < 1.29 is 27.7 Å². The van der Waals surface area contributed by atoms with Gasteiger partial charge in [-0.2, -0.15) is 0 Å². The Morgan fingerprint density at radius 1 is 0.897 bits per heavy atom. The molecule has 0 saturated carbocycles. The van der Waals surface area contributed by atoms with Gasteiger partial charge in [-0.3, -0.25) is 24.5 Å². The zero-order chi connectivity index (χ0) is 28.2. The molecule has 0 atom stereocenters. The average Bonchev–Trinajstić information content (AvgIpc) is 2.93. The van der Waals surface area contributed by atoms with Crippen LogP contribution in [-0.2, 0) is 14.8 Å². The van der Waals surface area contributed by atoms with Crippen LogP contribution in [-0.4, -0.2) is 44.2 Å². The van der Waals surface area contributed by atoms with E-state index in [0.717, 1.165) is 6.07 Å². The number of piperidine rings is 1. The van der Waals surface area contributed by atoms with Gasteiger partial charge in [0.1, 0.15) is 5.69 Å². The Bertz CT molecular complexity index is 1540. The highest BCUT2D eigenvalue weighted by atomic mass is 32.2. The first-order chi connectivity index (χ1) is 18.5. The minimum atomic E-state index is -4.10. The molecule has 3 amide bonds. The molecule has 39 heavy (non-hydrogen) atoms. The van der Waals surface area contributed by atoms with Crippen LogP contribution in [0, 0.1) is 16.0 Å². The summed E-state index contributed by atoms with van der Waals surface area (Å²) in [6.07, 6.45) is 0.955. The van der Waals surface area contributed by atoms with Gasteiger partial charge in [-0.05, 0) is 55.3 Å². The molecule has 13 heteroatoms. The lowest BCUT2D eigenvalue weighted by Crippen LogP contribution is -2.38. The molecule has 1 aliphatic rings. The van der Waals surface area contributed by atoms with Crippen molar-refractivity contribution in [1.29, 1.82) is 0 Å². The summed E-state index contributed by atoms with van der Waals surface area (Å²) >= 11 is 0. The van der Waals surface area contributed by atoms with E-state index in [1.54, 1.807) is 11.0 Å². The number of rotatable bonds is 8. The van der Waals surface area contributed by atoms with Crippen molar-refractivity contribution in [3.05, 3.63) is 94.0 Å². The lowest BCUT2D eigenvalue weighted by atomic mass is 9.95. The monoisotopic (exact) mass is 551 g/mol. The second-order valence-corrected chi connectivity index (χ2v) is 10.6. The lowest BCUT2D eigenvalue weighted by molar-refractivity contribution is -0.384. The lowest BCUT2D eigenvalue weighted by Gasteiger charge is -2.32. The molecule has 4 rings (SSSR count). The number of benzene rings is 3. The normalized spacial score (nSPS) is 13.9. The molecule has 0 aliphatic carbocycles. The van der Waals surface area contributed by atoms with E-state index in [0.29, 0.717) is 31.6 Å². The molecule has 0 bridgehead atoms. The number of hydrogen-bond acceptors (Lipinski definition) is 8. The topological polar surface area (TPSA) is 182 Å². The number of nitro groups is 1. The fourth-order valence-electron chi connectivity index (χ4n) is 4.26. The fourth-order valence-corrected chi connectivity index (χ4v) is 5.26. The summed E-state index contributed by atoms with van der Waals surface area (Å²) in [6, 6.07) is 17.1. The zero-order valence-electron chi connectivity index (χ0n) is 20.6. The highest BCUT2D eigenvalue weighted by molar-refractivity contribution is 7.90. The highest BCUT2D eigenvalue weighted by Gasteiger charge is 2.28. The molecule has 1 saturated heterocycles. The van der Waals surface area contributed by atoms with Crippen molar-refractivity contribution >= 4 is 44.8 Å². The SMILES string of the molecule is NC(=O)C1CCN(c2ccc(C(=O)Nc3cccc(C(=O)NS(=O)(=O)c4ccccc4)c3)cc2[N+](=O)[O-])CC1. The molecule has 0 unspecified atom stereocenters. The van der Waals surface area contributed by atoms with Gasteiger partial charge in [0, 0.05) is 41.9 Å². The van der Waals surface area contributed by atoms with Gasteiger partial charge < -0.3 is 16.0 Å². The van der Waals surface area contributed by atoms with Crippen molar-refractivity contribution in [3.8, 4) is 0 Å². The second kappa shape index (κ2) is 11.3. The maximum atomic E-state index is 12.9. The summed E-state index contributed by atoms with van der Waals surface area (Å²) < 4.78 is 26.9. The molecular formula is C26H25N5O7S. The summed E-state index contributed by atoms with van der Waals surface area (Å²) in [4.78, 5) is 49.8. The van der Waals surface area contributed by atoms with Crippen molar-refractivity contribution in [2.45, 2.75) is 17.7 Å². The number of sulfonamides is 1. The van der Waals surface area contributed by atoms with E-state index in [-0.39, 0.29) is 33.3 Å². The summed E-state index contributed by atoms with van der Waals surface area (Å²) in [5.74, 6) is -2.22. The van der Waals surface area contributed by atoms with Gasteiger partial charge in [0.2, 0.25) is 5.91 Å². The molecular weight excluding hydrogens is 526 g/mol. The van der Waals surface area contributed by atoms with E-state index in [9.17, 15) is 32.9 Å². The predicted molar refractivity (Wildman–Crippen MR) is 143 cm³/mol. The summed E-state index contributed by atoms with van der Waals surface area (Å²) in [5, 5.41) is 14.4. The third-order valence-electron chi connectivity index (χ3n) is 6.34. The first-order valence-corrected chi connectivity index (χ1v) is 13.4. The van der Waals surface area contributed by atoms with Crippen LogP contribution >= 0.6 is 0 Å². The molecule has 3 aromatic carbocycles. The minimum Gasteiger partial charge on any atom is -0.369 e. The fraction of sp³-hybridized carbons (Fsp3) is 0.192. The van der Waals surface area contributed by atoms with Gasteiger partial charge in [0.15, 0.2) is 0 Å². The van der Waals surface area contributed by atoms with Gasteiger partial charge in [-0.25, -0.2) is 13.1 Å². The minimum absolute atomic E-state index is 0.0129. The Balaban J connectivity index is 1.48. The molecule has 1 fully saturated rings. The Hall–Kier alpha value is -4.78. The van der Waals surface area contributed by atoms with Gasteiger partial charge in [0.25, 0.3) is 27.5 Å². The zero-order valence-corrected chi connectivity index (χ0v) is 21.4. The molecule has 0 aromatic heterocycles. The third kappa shape index (κ3) is 6.38. The largest absolute Gasteiger partial charge is 0.369 e. The van der Waals surface area contributed by atoms with Crippen LogP contribution in [0.4, 0.5) is 17.1 Å². The molecule has 1 heterocycles. The Morgan fingerprint density at radius 2 is 1.56 bits per heavy atom. The van der Waals surface area contributed by atoms with Gasteiger partial charge in [-0.1, -0.05) is 24.3 Å². The summed E-state index contributed by atoms with van der Waals surface area (Å²) in [5.41, 5.74) is 5.61. The first kappa shape index (κ1) is 27.3. The van der Waals surface area contributed by atoms with Crippen LogP contribution in [0.3, 0.4) is 0 Å². The Kier molecular flexibility index (Phi) is 7.91.